The van der Waals surface area contributed by atoms with Crippen LogP contribution in [0, 0.1) is 11.8 Å². The smallest absolute Gasteiger partial charge is 0.244 e. The minimum Gasteiger partial charge on any atom is -0.323 e. The third-order valence-electron chi connectivity index (χ3n) is 5.10. The molecule has 5 atom stereocenters. The lowest BCUT2D eigenvalue weighted by molar-refractivity contribution is -0.136. The minimum absolute atomic E-state index is 0.184. The van der Waals surface area contributed by atoms with Crippen LogP contribution in [0.15, 0.2) is 0 Å². The Morgan fingerprint density at radius 3 is 2.50 bits per heavy atom. The first-order chi connectivity index (χ1) is 8.39. The van der Waals surface area contributed by atoms with Crippen molar-refractivity contribution in [1.82, 2.24) is 10.2 Å². The Morgan fingerprint density at radius 1 is 1.33 bits per heavy atom. The second kappa shape index (κ2) is 4.84. The van der Waals surface area contributed by atoms with E-state index in [-0.39, 0.29) is 11.7 Å². The predicted octanol–water partition coefficient (Wildman–Crippen LogP) is 2.76. The summed E-state index contributed by atoms with van der Waals surface area (Å²) in [4.78, 5) is 14.8. The number of hydrogen-bond acceptors (Lipinski definition) is 2. The van der Waals surface area contributed by atoms with E-state index in [1.54, 1.807) is 0 Å². The quantitative estimate of drug-likeness (QED) is 0.819. The van der Waals surface area contributed by atoms with Gasteiger partial charge in [0, 0.05) is 6.04 Å². The summed E-state index contributed by atoms with van der Waals surface area (Å²) in [6, 6.07) is 0.435. The summed E-state index contributed by atoms with van der Waals surface area (Å²) >= 11 is 0. The van der Waals surface area contributed by atoms with Crippen molar-refractivity contribution in [2.45, 2.75) is 78.0 Å². The molecule has 1 aliphatic carbocycles. The normalized spacial score (nSPS) is 45.6. The van der Waals surface area contributed by atoms with E-state index in [1.165, 1.54) is 19.3 Å². The van der Waals surface area contributed by atoms with E-state index in [0.717, 1.165) is 12.3 Å². The molecule has 3 heteroatoms. The maximum absolute atomic E-state index is 12.7. The first-order valence-corrected chi connectivity index (χ1v) is 7.49. The zero-order valence-corrected chi connectivity index (χ0v) is 12.5. The lowest BCUT2D eigenvalue weighted by Crippen LogP contribution is -2.49. The molecule has 1 saturated heterocycles. The maximum atomic E-state index is 12.7. The van der Waals surface area contributed by atoms with Crippen LogP contribution in [-0.2, 0) is 4.79 Å². The van der Waals surface area contributed by atoms with Crippen molar-refractivity contribution in [1.29, 1.82) is 0 Å². The van der Waals surface area contributed by atoms with Crippen LogP contribution in [0.5, 0.6) is 0 Å². The van der Waals surface area contributed by atoms with Crippen LogP contribution in [0.4, 0.5) is 0 Å². The van der Waals surface area contributed by atoms with Gasteiger partial charge in [-0.1, -0.05) is 20.8 Å². The topological polar surface area (TPSA) is 32.3 Å². The molecule has 0 bridgehead atoms. The Balaban J connectivity index is 2.16. The minimum atomic E-state index is -0.345. The highest BCUT2D eigenvalue weighted by atomic mass is 16.2. The van der Waals surface area contributed by atoms with Crippen molar-refractivity contribution in [2.24, 2.45) is 11.8 Å². The first-order valence-electron chi connectivity index (χ1n) is 7.49. The second-order valence-electron chi connectivity index (χ2n) is 6.68. The maximum Gasteiger partial charge on any atom is 0.244 e. The fraction of sp³-hybridized carbons (Fsp3) is 0.933. The van der Waals surface area contributed by atoms with Crippen LogP contribution >= 0.6 is 0 Å². The van der Waals surface area contributed by atoms with Gasteiger partial charge >= 0.3 is 0 Å². The lowest BCUT2D eigenvalue weighted by atomic mass is 9.79. The van der Waals surface area contributed by atoms with Crippen molar-refractivity contribution in [3.8, 4) is 0 Å². The molecule has 1 heterocycles. The van der Waals surface area contributed by atoms with Crippen LogP contribution in [0.3, 0.4) is 0 Å². The van der Waals surface area contributed by atoms with Crippen LogP contribution < -0.4 is 5.32 Å². The molecule has 0 aromatic carbocycles. The standard InChI is InChI=1S/C15H28N2O/c1-6-15(5)14(18)17(12(4)16-15)13-8-7-10(2)9-11(13)3/h10-13,16H,6-9H2,1-5H3. The van der Waals surface area contributed by atoms with Gasteiger partial charge < -0.3 is 4.90 Å². The van der Waals surface area contributed by atoms with Crippen molar-refractivity contribution in [2.75, 3.05) is 0 Å². The average molecular weight is 252 g/mol. The van der Waals surface area contributed by atoms with E-state index in [1.807, 2.05) is 6.92 Å². The summed E-state index contributed by atoms with van der Waals surface area (Å²) in [6.45, 7) is 10.9. The van der Waals surface area contributed by atoms with Crippen molar-refractivity contribution in [3.05, 3.63) is 0 Å². The third-order valence-corrected chi connectivity index (χ3v) is 5.10. The monoisotopic (exact) mass is 252 g/mol. The van der Waals surface area contributed by atoms with Gasteiger partial charge in [-0.25, -0.2) is 0 Å². The molecule has 1 saturated carbocycles. The highest BCUT2D eigenvalue weighted by Gasteiger charge is 2.48. The van der Waals surface area contributed by atoms with Crippen LogP contribution in [0.2, 0.25) is 0 Å². The number of rotatable bonds is 2. The molecule has 0 aromatic rings. The van der Waals surface area contributed by atoms with Crippen molar-refractivity contribution < 1.29 is 4.79 Å². The highest BCUT2D eigenvalue weighted by molar-refractivity contribution is 5.88. The molecule has 3 nitrogen and oxygen atoms in total. The summed E-state index contributed by atoms with van der Waals surface area (Å²) in [5, 5.41) is 3.49. The Labute approximate surface area is 111 Å². The Kier molecular flexibility index (Phi) is 3.72. The predicted molar refractivity (Wildman–Crippen MR) is 74.1 cm³/mol. The number of hydrogen-bond donors (Lipinski definition) is 1. The molecular weight excluding hydrogens is 224 g/mol. The molecular formula is C15H28N2O. The lowest BCUT2D eigenvalue weighted by Gasteiger charge is -2.40. The van der Waals surface area contributed by atoms with Gasteiger partial charge in [0.05, 0.1) is 11.7 Å². The molecule has 0 spiro atoms. The first kappa shape index (κ1) is 13.9. The molecule has 1 amide bonds. The van der Waals surface area contributed by atoms with Gasteiger partial charge in [-0.15, -0.1) is 0 Å². The highest BCUT2D eigenvalue weighted by Crippen LogP contribution is 2.36. The molecule has 0 radical (unpaired) electrons. The molecule has 1 aliphatic heterocycles. The number of nitrogens with zero attached hydrogens (tertiary/aromatic N) is 1. The number of carbonyl (C=O) groups excluding carboxylic acids is 1. The molecule has 5 unspecified atom stereocenters. The van der Waals surface area contributed by atoms with E-state index in [0.29, 0.717) is 17.9 Å². The molecule has 0 aromatic heterocycles. The van der Waals surface area contributed by atoms with Gasteiger partial charge in [0.25, 0.3) is 0 Å². The third kappa shape index (κ3) is 2.18. The number of amides is 1. The van der Waals surface area contributed by atoms with E-state index in [2.05, 4.69) is 37.9 Å². The van der Waals surface area contributed by atoms with Gasteiger partial charge in [0.15, 0.2) is 0 Å². The largest absolute Gasteiger partial charge is 0.323 e. The average Bonchev–Trinajstić information content (AvgIpc) is 2.52. The summed E-state index contributed by atoms with van der Waals surface area (Å²) in [6.07, 6.45) is 4.73. The summed E-state index contributed by atoms with van der Waals surface area (Å²) in [5.74, 6) is 1.75. The Bertz CT molecular complexity index is 330. The van der Waals surface area contributed by atoms with Gasteiger partial charge in [0.1, 0.15) is 0 Å². The summed E-state index contributed by atoms with van der Waals surface area (Å²) < 4.78 is 0. The van der Waals surface area contributed by atoms with Gasteiger partial charge in [-0.2, -0.15) is 0 Å². The van der Waals surface area contributed by atoms with E-state index < -0.39 is 0 Å². The fourth-order valence-electron chi connectivity index (χ4n) is 3.81. The summed E-state index contributed by atoms with van der Waals surface area (Å²) in [7, 11) is 0. The van der Waals surface area contributed by atoms with Gasteiger partial charge in [0.2, 0.25) is 5.91 Å². The van der Waals surface area contributed by atoms with Crippen LogP contribution in [-0.4, -0.2) is 28.6 Å². The van der Waals surface area contributed by atoms with E-state index in [9.17, 15) is 4.79 Å². The molecule has 18 heavy (non-hydrogen) atoms. The molecule has 2 aliphatic rings. The molecule has 104 valence electrons. The fourth-order valence-corrected chi connectivity index (χ4v) is 3.81. The van der Waals surface area contributed by atoms with Gasteiger partial charge in [-0.05, 0) is 51.4 Å². The van der Waals surface area contributed by atoms with Gasteiger partial charge in [-0.3, -0.25) is 10.1 Å². The number of carbonyl (C=O) groups is 1. The van der Waals surface area contributed by atoms with Crippen LogP contribution in [0.1, 0.15) is 60.3 Å². The van der Waals surface area contributed by atoms with Crippen LogP contribution in [0.25, 0.3) is 0 Å². The molecule has 2 rings (SSSR count). The van der Waals surface area contributed by atoms with Crippen molar-refractivity contribution >= 4 is 5.91 Å². The Hall–Kier alpha value is -0.570. The van der Waals surface area contributed by atoms with Crippen molar-refractivity contribution in [3.63, 3.8) is 0 Å². The number of nitrogens with one attached hydrogen (secondary N) is 1. The zero-order chi connectivity index (χ0) is 13.5. The van der Waals surface area contributed by atoms with E-state index in [4.69, 9.17) is 0 Å². The van der Waals surface area contributed by atoms with E-state index >= 15 is 0 Å². The molecule has 1 N–H and O–H groups in total. The Morgan fingerprint density at radius 2 is 2.00 bits per heavy atom. The SMILES string of the molecule is CCC1(C)NC(C)N(C2CCC(C)CC2C)C1=O. The molecule has 2 fully saturated rings. The zero-order valence-electron chi connectivity index (χ0n) is 12.5. The summed E-state index contributed by atoms with van der Waals surface area (Å²) in [5.41, 5.74) is -0.345. The second-order valence-corrected chi connectivity index (χ2v) is 6.68.